The average molecular weight is 329 g/mol. The lowest BCUT2D eigenvalue weighted by molar-refractivity contribution is 0.223. The Kier molecular flexibility index (Phi) is 8.30. The van der Waals surface area contributed by atoms with E-state index >= 15 is 0 Å². The maximum Gasteiger partial charge on any atom is 0.0443 e. The number of hydrogen-bond donors (Lipinski definition) is 2. The third kappa shape index (κ3) is 5.61. The van der Waals surface area contributed by atoms with Crippen LogP contribution in [0.15, 0.2) is 28.7 Å². The Morgan fingerprint density at radius 3 is 2.63 bits per heavy atom. The molecule has 0 spiro atoms. The van der Waals surface area contributed by atoms with Crippen LogP contribution in [0.5, 0.6) is 0 Å². The number of rotatable bonds is 9. The molecule has 0 saturated carbocycles. The summed E-state index contributed by atoms with van der Waals surface area (Å²) in [6.07, 6.45) is 1.92. The van der Waals surface area contributed by atoms with Gasteiger partial charge < -0.3 is 15.3 Å². The van der Waals surface area contributed by atoms with Gasteiger partial charge in [0.1, 0.15) is 0 Å². The maximum atomic E-state index is 8.90. The maximum absolute atomic E-state index is 8.90. The molecule has 0 bridgehead atoms. The molecule has 0 saturated heterocycles. The van der Waals surface area contributed by atoms with Crippen molar-refractivity contribution in [3.63, 3.8) is 0 Å². The van der Waals surface area contributed by atoms with Gasteiger partial charge in [-0.15, -0.1) is 0 Å². The fourth-order valence-corrected chi connectivity index (χ4v) is 2.81. The molecule has 0 aromatic heterocycles. The minimum Gasteiger partial charge on any atom is -0.396 e. The zero-order valence-electron chi connectivity index (χ0n) is 11.9. The van der Waals surface area contributed by atoms with Gasteiger partial charge in [0.2, 0.25) is 0 Å². The van der Waals surface area contributed by atoms with Crippen molar-refractivity contribution in [2.24, 2.45) is 0 Å². The van der Waals surface area contributed by atoms with Gasteiger partial charge in [-0.05, 0) is 44.6 Å². The Hall–Kier alpha value is -0.420. The second-order valence-electron chi connectivity index (χ2n) is 4.66. The average Bonchev–Trinajstić information content (AvgIpc) is 2.44. The van der Waals surface area contributed by atoms with Crippen LogP contribution in [0.4, 0.5) is 0 Å². The normalized spacial score (nSPS) is 12.9. The highest BCUT2D eigenvalue weighted by Crippen LogP contribution is 2.25. The van der Waals surface area contributed by atoms with Crippen molar-refractivity contribution in [3.05, 3.63) is 34.3 Å². The van der Waals surface area contributed by atoms with Gasteiger partial charge in [-0.1, -0.05) is 41.1 Å². The summed E-state index contributed by atoms with van der Waals surface area (Å²) in [7, 11) is 2.01. The van der Waals surface area contributed by atoms with Crippen LogP contribution >= 0.6 is 15.9 Å². The van der Waals surface area contributed by atoms with Gasteiger partial charge in [-0.3, -0.25) is 0 Å². The van der Waals surface area contributed by atoms with Crippen LogP contribution in [0.3, 0.4) is 0 Å². The first-order chi connectivity index (χ1) is 9.22. The van der Waals surface area contributed by atoms with E-state index in [4.69, 9.17) is 5.11 Å². The van der Waals surface area contributed by atoms with Crippen molar-refractivity contribution in [2.45, 2.75) is 25.8 Å². The molecule has 2 N–H and O–H groups in total. The first-order valence-electron chi connectivity index (χ1n) is 6.97. The van der Waals surface area contributed by atoms with Gasteiger partial charge in [0.25, 0.3) is 0 Å². The molecule has 19 heavy (non-hydrogen) atoms. The summed E-state index contributed by atoms with van der Waals surface area (Å²) in [5, 5.41) is 12.3. The van der Waals surface area contributed by atoms with Gasteiger partial charge in [0.05, 0.1) is 0 Å². The van der Waals surface area contributed by atoms with E-state index in [1.807, 2.05) is 13.1 Å². The molecule has 1 aromatic rings. The number of benzene rings is 1. The van der Waals surface area contributed by atoms with Crippen LogP contribution in [0, 0.1) is 0 Å². The van der Waals surface area contributed by atoms with Crippen molar-refractivity contribution in [1.82, 2.24) is 10.2 Å². The molecule has 108 valence electrons. The highest BCUT2D eigenvalue weighted by Gasteiger charge is 2.13. The zero-order chi connectivity index (χ0) is 14.1. The van der Waals surface area contributed by atoms with E-state index in [0.717, 1.165) is 36.9 Å². The third-order valence-corrected chi connectivity index (χ3v) is 4.16. The highest BCUT2D eigenvalue weighted by atomic mass is 79.9. The van der Waals surface area contributed by atoms with Crippen molar-refractivity contribution in [3.8, 4) is 0 Å². The zero-order valence-corrected chi connectivity index (χ0v) is 13.5. The second kappa shape index (κ2) is 9.48. The first-order valence-corrected chi connectivity index (χ1v) is 7.77. The fraction of sp³-hybridized carbons (Fsp3) is 0.600. The van der Waals surface area contributed by atoms with Gasteiger partial charge >= 0.3 is 0 Å². The molecule has 0 aliphatic heterocycles. The van der Waals surface area contributed by atoms with Gasteiger partial charge in [0.15, 0.2) is 0 Å². The molecule has 1 aromatic carbocycles. The van der Waals surface area contributed by atoms with Crippen LogP contribution in [0.25, 0.3) is 0 Å². The summed E-state index contributed by atoms with van der Waals surface area (Å²) in [5.41, 5.74) is 1.31. The number of aliphatic hydroxyl groups excluding tert-OH is 1. The lowest BCUT2D eigenvalue weighted by atomic mass is 10.0. The van der Waals surface area contributed by atoms with E-state index in [2.05, 4.69) is 51.3 Å². The first kappa shape index (κ1) is 16.6. The molecular weight excluding hydrogens is 304 g/mol. The van der Waals surface area contributed by atoms with Gasteiger partial charge in [0, 0.05) is 23.7 Å². The molecular formula is C15H25BrN2O. The van der Waals surface area contributed by atoms with Crippen LogP contribution in [-0.2, 0) is 0 Å². The summed E-state index contributed by atoms with van der Waals surface area (Å²) >= 11 is 3.62. The molecule has 0 aliphatic carbocycles. The molecule has 0 amide bonds. The summed E-state index contributed by atoms with van der Waals surface area (Å²) in [5.74, 6) is 0. The van der Waals surface area contributed by atoms with Gasteiger partial charge in [-0.2, -0.15) is 0 Å². The minimum atomic E-state index is 0.274. The third-order valence-electron chi connectivity index (χ3n) is 3.44. The predicted octanol–water partition coefficient (Wildman–Crippen LogP) is 2.80. The van der Waals surface area contributed by atoms with E-state index in [0.29, 0.717) is 6.04 Å². The van der Waals surface area contributed by atoms with E-state index in [1.165, 1.54) is 5.56 Å². The van der Waals surface area contributed by atoms with E-state index in [9.17, 15) is 0 Å². The van der Waals surface area contributed by atoms with E-state index in [1.54, 1.807) is 0 Å². The topological polar surface area (TPSA) is 35.5 Å². The Morgan fingerprint density at radius 2 is 2.05 bits per heavy atom. The molecule has 0 radical (unpaired) electrons. The Balaban J connectivity index is 2.55. The number of nitrogens with zero attached hydrogens (tertiary/aromatic N) is 1. The summed E-state index contributed by atoms with van der Waals surface area (Å²) in [6.45, 7) is 5.50. The lowest BCUT2D eigenvalue weighted by Gasteiger charge is -2.24. The molecule has 3 nitrogen and oxygen atoms in total. The van der Waals surface area contributed by atoms with Crippen molar-refractivity contribution in [2.75, 3.05) is 33.3 Å². The standard InChI is InChI=1S/C15H25BrN2O/c1-3-18(10-6-12-19)11-9-15(17-2)13-7-4-5-8-14(13)16/h4-5,7-8,15,17,19H,3,6,9-12H2,1-2H3. The minimum absolute atomic E-state index is 0.274. The smallest absolute Gasteiger partial charge is 0.0443 e. The Bertz CT molecular complexity index is 360. The second-order valence-corrected chi connectivity index (χ2v) is 5.52. The predicted molar refractivity (Wildman–Crippen MR) is 84.4 cm³/mol. The van der Waals surface area contributed by atoms with E-state index in [-0.39, 0.29) is 6.61 Å². The Labute approximate surface area is 125 Å². The highest BCUT2D eigenvalue weighted by molar-refractivity contribution is 9.10. The largest absolute Gasteiger partial charge is 0.396 e. The molecule has 1 unspecified atom stereocenters. The molecule has 1 rings (SSSR count). The lowest BCUT2D eigenvalue weighted by Crippen LogP contribution is -2.29. The number of nitrogens with one attached hydrogen (secondary N) is 1. The SMILES string of the molecule is CCN(CCCO)CCC(NC)c1ccccc1Br. The quantitative estimate of drug-likeness (QED) is 0.731. The Morgan fingerprint density at radius 1 is 1.32 bits per heavy atom. The van der Waals surface area contributed by atoms with Crippen molar-refractivity contribution < 1.29 is 5.11 Å². The van der Waals surface area contributed by atoms with E-state index < -0.39 is 0 Å². The van der Waals surface area contributed by atoms with Crippen molar-refractivity contribution in [1.29, 1.82) is 0 Å². The number of halogens is 1. The summed E-state index contributed by atoms with van der Waals surface area (Å²) < 4.78 is 1.16. The molecule has 4 heteroatoms. The molecule has 0 aliphatic rings. The molecule has 1 atom stereocenters. The molecule has 0 fully saturated rings. The number of aliphatic hydroxyl groups is 1. The molecule has 0 heterocycles. The fourth-order valence-electron chi connectivity index (χ4n) is 2.25. The summed E-state index contributed by atoms with van der Waals surface area (Å²) in [6, 6.07) is 8.73. The van der Waals surface area contributed by atoms with Crippen LogP contribution in [0.1, 0.15) is 31.4 Å². The summed E-state index contributed by atoms with van der Waals surface area (Å²) in [4.78, 5) is 2.39. The monoisotopic (exact) mass is 328 g/mol. The van der Waals surface area contributed by atoms with Crippen LogP contribution < -0.4 is 5.32 Å². The van der Waals surface area contributed by atoms with Crippen molar-refractivity contribution >= 4 is 15.9 Å². The van der Waals surface area contributed by atoms with Crippen LogP contribution in [0.2, 0.25) is 0 Å². The van der Waals surface area contributed by atoms with Gasteiger partial charge in [-0.25, -0.2) is 0 Å². The van der Waals surface area contributed by atoms with Crippen LogP contribution in [-0.4, -0.2) is 43.3 Å². The number of hydrogen-bond acceptors (Lipinski definition) is 3.